The van der Waals surface area contributed by atoms with E-state index in [9.17, 15) is 9.59 Å². The Morgan fingerprint density at radius 1 is 0.793 bits per heavy atom. The molecule has 0 aliphatic heterocycles. The summed E-state index contributed by atoms with van der Waals surface area (Å²) in [5, 5.41) is 5.85. The molecule has 0 spiro atoms. The summed E-state index contributed by atoms with van der Waals surface area (Å²) in [6.07, 6.45) is 9.00. The third-order valence-corrected chi connectivity index (χ3v) is 4.70. The third kappa shape index (κ3) is 18.6. The number of amides is 2. The van der Waals surface area contributed by atoms with Gasteiger partial charge in [-0.1, -0.05) is 20.3 Å². The predicted octanol–water partition coefficient (Wildman–Crippen LogP) is 3.07. The van der Waals surface area contributed by atoms with Gasteiger partial charge in [0.25, 0.3) is 0 Å². The van der Waals surface area contributed by atoms with E-state index in [1.807, 2.05) is 0 Å². The number of hydrogen-bond donors (Lipinski definition) is 2. The normalized spacial score (nSPS) is 12.0. The molecule has 0 fully saturated rings. The van der Waals surface area contributed by atoms with Crippen molar-refractivity contribution in [2.45, 2.75) is 71.6 Å². The second-order valence-corrected chi connectivity index (χ2v) is 7.31. The number of rotatable bonds is 21. The minimum absolute atomic E-state index is 0.0669. The molecule has 2 N–H and O–H groups in total. The fraction of sp³-hybridized carbons (Fsp3) is 0.909. The molecule has 0 aromatic rings. The van der Waals surface area contributed by atoms with Crippen LogP contribution in [0.4, 0.5) is 0 Å². The van der Waals surface area contributed by atoms with E-state index in [0.29, 0.717) is 19.8 Å². The average molecular weight is 417 g/mol. The number of ether oxygens (including phenoxy) is 3. The Kier molecular flexibility index (Phi) is 20.7. The van der Waals surface area contributed by atoms with Gasteiger partial charge in [-0.25, -0.2) is 0 Å². The summed E-state index contributed by atoms with van der Waals surface area (Å²) in [7, 11) is 1.51. The number of carbonyl (C=O) groups is 2. The van der Waals surface area contributed by atoms with E-state index in [2.05, 4.69) is 24.5 Å². The first kappa shape index (κ1) is 27.8. The Labute approximate surface area is 177 Å². The molecule has 0 rings (SSSR count). The number of nitrogens with one attached hydrogen (secondary N) is 2. The molecule has 0 saturated heterocycles. The van der Waals surface area contributed by atoms with Crippen LogP contribution in [0.1, 0.15) is 71.6 Å². The molecule has 172 valence electrons. The van der Waals surface area contributed by atoms with Crippen LogP contribution in [0.2, 0.25) is 0 Å². The van der Waals surface area contributed by atoms with Crippen molar-refractivity contribution < 1.29 is 23.8 Å². The zero-order valence-corrected chi connectivity index (χ0v) is 18.9. The highest BCUT2D eigenvalue weighted by Crippen LogP contribution is 2.10. The van der Waals surface area contributed by atoms with Crippen LogP contribution in [-0.4, -0.2) is 65.0 Å². The molecule has 1 unspecified atom stereocenters. The molecule has 0 aromatic carbocycles. The number of unbranched alkanes of at least 4 members (excludes halogenated alkanes) is 4. The monoisotopic (exact) mass is 416 g/mol. The molecule has 0 aromatic heterocycles. The topological polar surface area (TPSA) is 85.9 Å². The molecule has 0 radical (unpaired) electrons. The van der Waals surface area contributed by atoms with Gasteiger partial charge in [0.05, 0.1) is 13.2 Å². The average Bonchev–Trinajstić information content (AvgIpc) is 2.71. The second kappa shape index (κ2) is 21.5. The summed E-state index contributed by atoms with van der Waals surface area (Å²) >= 11 is 0. The molecule has 2 amide bonds. The third-order valence-electron chi connectivity index (χ3n) is 4.70. The van der Waals surface area contributed by atoms with Gasteiger partial charge >= 0.3 is 0 Å². The quantitative estimate of drug-likeness (QED) is 0.281. The molecule has 1 atom stereocenters. The molecule has 0 bridgehead atoms. The molecule has 7 heteroatoms. The maximum atomic E-state index is 12.0. The summed E-state index contributed by atoms with van der Waals surface area (Å²) in [4.78, 5) is 23.1. The Balaban J connectivity index is 3.24. The fourth-order valence-electron chi connectivity index (χ4n) is 2.97. The molecule has 0 aliphatic carbocycles. The number of methoxy groups -OCH3 is 1. The lowest BCUT2D eigenvalue weighted by molar-refractivity contribution is -0.125. The zero-order chi connectivity index (χ0) is 21.6. The van der Waals surface area contributed by atoms with Crippen LogP contribution in [0, 0.1) is 5.92 Å². The fourth-order valence-corrected chi connectivity index (χ4v) is 2.97. The van der Waals surface area contributed by atoms with E-state index in [4.69, 9.17) is 14.2 Å². The van der Waals surface area contributed by atoms with E-state index in [1.165, 1.54) is 7.11 Å². The van der Waals surface area contributed by atoms with Gasteiger partial charge in [-0.2, -0.15) is 0 Å². The summed E-state index contributed by atoms with van der Waals surface area (Å²) < 4.78 is 15.9. The van der Waals surface area contributed by atoms with Gasteiger partial charge < -0.3 is 24.8 Å². The first-order valence-electron chi connectivity index (χ1n) is 11.3. The van der Waals surface area contributed by atoms with E-state index in [-0.39, 0.29) is 24.3 Å². The Hall–Kier alpha value is -1.18. The zero-order valence-electron chi connectivity index (χ0n) is 18.9. The van der Waals surface area contributed by atoms with Crippen LogP contribution in [0.25, 0.3) is 0 Å². The maximum absolute atomic E-state index is 12.0. The summed E-state index contributed by atoms with van der Waals surface area (Å²) in [5.74, 6) is 0.312. The lowest BCUT2D eigenvalue weighted by Gasteiger charge is -2.13. The highest BCUT2D eigenvalue weighted by molar-refractivity contribution is 5.78. The van der Waals surface area contributed by atoms with Gasteiger partial charge in [0, 0.05) is 39.3 Å². The van der Waals surface area contributed by atoms with Gasteiger partial charge in [-0.15, -0.1) is 0 Å². The SMILES string of the molecule is CCCC(CC)C(=O)NCCCCCOCCOCCCCCNC(=O)COC. The van der Waals surface area contributed by atoms with Crippen LogP contribution in [0.15, 0.2) is 0 Å². The molecule has 0 saturated carbocycles. The minimum atomic E-state index is -0.0669. The first-order chi connectivity index (χ1) is 14.2. The van der Waals surface area contributed by atoms with Gasteiger partial charge in [0.1, 0.15) is 6.61 Å². The standard InChI is InChI=1S/C22H44N2O5/c1-4-12-20(5-2)22(26)24-14-9-7-11-16-29-18-17-28-15-10-6-8-13-23-21(25)19-27-3/h20H,4-19H2,1-3H3,(H,23,25)(H,24,26). The van der Waals surface area contributed by atoms with Crippen LogP contribution < -0.4 is 10.6 Å². The highest BCUT2D eigenvalue weighted by atomic mass is 16.5. The van der Waals surface area contributed by atoms with Gasteiger partial charge in [-0.3, -0.25) is 9.59 Å². The minimum Gasteiger partial charge on any atom is -0.379 e. The lowest BCUT2D eigenvalue weighted by atomic mass is 10.00. The van der Waals surface area contributed by atoms with E-state index >= 15 is 0 Å². The first-order valence-corrected chi connectivity index (χ1v) is 11.3. The van der Waals surface area contributed by atoms with E-state index in [0.717, 1.165) is 77.5 Å². The van der Waals surface area contributed by atoms with E-state index in [1.54, 1.807) is 0 Å². The smallest absolute Gasteiger partial charge is 0.245 e. The number of hydrogen-bond acceptors (Lipinski definition) is 5. The molecular weight excluding hydrogens is 372 g/mol. The van der Waals surface area contributed by atoms with Crippen LogP contribution >= 0.6 is 0 Å². The van der Waals surface area contributed by atoms with Crippen LogP contribution in [0.5, 0.6) is 0 Å². The Morgan fingerprint density at radius 3 is 1.90 bits per heavy atom. The van der Waals surface area contributed by atoms with Crippen molar-refractivity contribution in [2.75, 3.05) is 53.2 Å². The van der Waals surface area contributed by atoms with Crippen molar-refractivity contribution in [2.24, 2.45) is 5.92 Å². The second-order valence-electron chi connectivity index (χ2n) is 7.31. The van der Waals surface area contributed by atoms with Crippen molar-refractivity contribution in [1.82, 2.24) is 10.6 Å². The Morgan fingerprint density at radius 2 is 1.38 bits per heavy atom. The van der Waals surface area contributed by atoms with E-state index < -0.39 is 0 Å². The molecular formula is C22H44N2O5. The van der Waals surface area contributed by atoms with Gasteiger partial charge in [0.2, 0.25) is 11.8 Å². The summed E-state index contributed by atoms with van der Waals surface area (Å²) in [6, 6.07) is 0. The lowest BCUT2D eigenvalue weighted by Crippen LogP contribution is -2.31. The number of carbonyl (C=O) groups excluding carboxylic acids is 2. The van der Waals surface area contributed by atoms with Crippen LogP contribution in [0.3, 0.4) is 0 Å². The maximum Gasteiger partial charge on any atom is 0.245 e. The largest absolute Gasteiger partial charge is 0.379 e. The van der Waals surface area contributed by atoms with Crippen molar-refractivity contribution >= 4 is 11.8 Å². The predicted molar refractivity (Wildman–Crippen MR) is 116 cm³/mol. The van der Waals surface area contributed by atoms with Crippen molar-refractivity contribution in [3.05, 3.63) is 0 Å². The van der Waals surface area contributed by atoms with Crippen LogP contribution in [-0.2, 0) is 23.8 Å². The molecule has 0 aliphatic rings. The molecule has 0 heterocycles. The van der Waals surface area contributed by atoms with Gasteiger partial charge in [0.15, 0.2) is 0 Å². The van der Waals surface area contributed by atoms with Crippen molar-refractivity contribution in [3.63, 3.8) is 0 Å². The Bertz CT molecular complexity index is 393. The summed E-state index contributed by atoms with van der Waals surface area (Å²) in [6.45, 7) is 8.49. The van der Waals surface area contributed by atoms with Crippen molar-refractivity contribution in [1.29, 1.82) is 0 Å². The van der Waals surface area contributed by atoms with Gasteiger partial charge in [-0.05, 0) is 51.4 Å². The highest BCUT2D eigenvalue weighted by Gasteiger charge is 2.14. The molecule has 7 nitrogen and oxygen atoms in total. The van der Waals surface area contributed by atoms with Crippen molar-refractivity contribution in [3.8, 4) is 0 Å². The summed E-state index contributed by atoms with van der Waals surface area (Å²) in [5.41, 5.74) is 0. The molecule has 29 heavy (non-hydrogen) atoms.